The molecule has 0 saturated carbocycles. The summed E-state index contributed by atoms with van der Waals surface area (Å²) in [5.74, 6) is -3.57. The van der Waals surface area contributed by atoms with E-state index < -0.39 is 35.3 Å². The van der Waals surface area contributed by atoms with Crippen molar-refractivity contribution in [1.29, 1.82) is 0 Å². The Bertz CT molecular complexity index is 763. The Morgan fingerprint density at radius 2 is 1.50 bits per heavy atom. The average Bonchev–Trinajstić information content (AvgIpc) is 2.95. The van der Waals surface area contributed by atoms with Crippen LogP contribution in [0.2, 0.25) is 0 Å². The number of carbonyl (C=O) groups is 4. The summed E-state index contributed by atoms with van der Waals surface area (Å²) in [6, 6.07) is -0.891. The SMILES string of the molecule is COC(=O)C1=CC=C[C@@H]2N(C)C(C(=O)OC)=C(C(=O)OC)[C@]12C(=O)OC. The van der Waals surface area contributed by atoms with Gasteiger partial charge in [0.15, 0.2) is 5.41 Å². The van der Waals surface area contributed by atoms with Crippen molar-refractivity contribution in [2.24, 2.45) is 5.41 Å². The third kappa shape index (κ3) is 2.39. The molecule has 0 aromatic heterocycles. The number of allylic oxidation sites excluding steroid dienone is 2. The molecule has 0 radical (unpaired) electrons. The molecule has 0 aromatic carbocycles. The van der Waals surface area contributed by atoms with Crippen LogP contribution in [0, 0.1) is 5.41 Å². The summed E-state index contributed by atoms with van der Waals surface area (Å²) in [5.41, 5.74) is -2.61. The second-order valence-electron chi connectivity index (χ2n) is 5.52. The van der Waals surface area contributed by atoms with Crippen LogP contribution in [-0.4, -0.2) is 70.3 Å². The van der Waals surface area contributed by atoms with Crippen molar-refractivity contribution in [2.45, 2.75) is 6.04 Å². The fraction of sp³-hybridized carbons (Fsp3) is 0.412. The number of fused-ring (bicyclic) bond motifs is 1. The van der Waals surface area contributed by atoms with Crippen LogP contribution in [0.15, 0.2) is 35.1 Å². The van der Waals surface area contributed by atoms with E-state index in [4.69, 9.17) is 18.9 Å². The van der Waals surface area contributed by atoms with Gasteiger partial charge in [-0.3, -0.25) is 4.79 Å². The van der Waals surface area contributed by atoms with Gasteiger partial charge in [0.25, 0.3) is 0 Å². The normalized spacial score (nSPS) is 23.8. The molecule has 9 nitrogen and oxygen atoms in total. The predicted molar refractivity (Wildman–Crippen MR) is 86.3 cm³/mol. The molecule has 2 atom stereocenters. The van der Waals surface area contributed by atoms with Gasteiger partial charge >= 0.3 is 23.9 Å². The molecule has 2 aliphatic rings. The number of hydrogen-bond acceptors (Lipinski definition) is 9. The highest BCUT2D eigenvalue weighted by atomic mass is 16.5. The van der Waals surface area contributed by atoms with Crippen LogP contribution < -0.4 is 0 Å². The molecule has 26 heavy (non-hydrogen) atoms. The Labute approximate surface area is 149 Å². The van der Waals surface area contributed by atoms with Gasteiger partial charge in [-0.05, 0) is 0 Å². The van der Waals surface area contributed by atoms with Crippen molar-refractivity contribution in [3.05, 3.63) is 35.1 Å². The zero-order valence-electron chi connectivity index (χ0n) is 15.0. The fourth-order valence-corrected chi connectivity index (χ4v) is 3.43. The molecular weight excluding hydrogens is 346 g/mol. The van der Waals surface area contributed by atoms with Crippen molar-refractivity contribution in [3.8, 4) is 0 Å². The zero-order chi connectivity index (χ0) is 19.6. The van der Waals surface area contributed by atoms with E-state index in [1.807, 2.05) is 0 Å². The number of likely N-dealkylation sites (N-methyl/N-ethyl adjacent to an activating group) is 1. The van der Waals surface area contributed by atoms with Crippen molar-refractivity contribution < 1.29 is 38.1 Å². The van der Waals surface area contributed by atoms with E-state index in [1.54, 1.807) is 6.08 Å². The topological polar surface area (TPSA) is 108 Å². The summed E-state index contributed by atoms with van der Waals surface area (Å²) in [5, 5.41) is 0. The number of esters is 4. The van der Waals surface area contributed by atoms with E-state index in [0.29, 0.717) is 0 Å². The quantitative estimate of drug-likeness (QED) is 0.491. The lowest BCUT2D eigenvalue weighted by molar-refractivity contribution is -0.155. The van der Waals surface area contributed by atoms with Crippen LogP contribution in [-0.2, 0) is 38.1 Å². The standard InChI is InChI=1S/C17H19NO8/c1-18-10-8-6-7-9(13(19)23-2)17(10,16(22)26-5)11(14(20)24-3)12(18)15(21)25-4/h6-8,10H,1-5H3/t10-,17-/m0/s1. The van der Waals surface area contributed by atoms with Gasteiger partial charge in [0.05, 0.1) is 45.6 Å². The summed E-state index contributed by atoms with van der Waals surface area (Å²) in [6.45, 7) is 0. The van der Waals surface area contributed by atoms with Crippen LogP contribution >= 0.6 is 0 Å². The highest BCUT2D eigenvalue weighted by Gasteiger charge is 2.65. The first-order valence-electron chi connectivity index (χ1n) is 7.52. The second-order valence-corrected chi connectivity index (χ2v) is 5.52. The molecule has 0 saturated heterocycles. The average molecular weight is 365 g/mol. The maximum atomic E-state index is 12.9. The molecule has 0 fully saturated rings. The monoisotopic (exact) mass is 365 g/mol. The number of rotatable bonds is 4. The van der Waals surface area contributed by atoms with Crippen molar-refractivity contribution in [3.63, 3.8) is 0 Å². The molecule has 9 heteroatoms. The van der Waals surface area contributed by atoms with Crippen molar-refractivity contribution >= 4 is 23.9 Å². The summed E-state index contributed by atoms with van der Waals surface area (Å²) >= 11 is 0. The summed E-state index contributed by atoms with van der Waals surface area (Å²) in [7, 11) is 5.99. The Morgan fingerprint density at radius 3 is 2.00 bits per heavy atom. The number of carbonyl (C=O) groups excluding carboxylic acids is 4. The molecule has 1 aliphatic carbocycles. The van der Waals surface area contributed by atoms with Gasteiger partial charge in [-0.25, -0.2) is 14.4 Å². The highest BCUT2D eigenvalue weighted by Crippen LogP contribution is 2.52. The fourth-order valence-electron chi connectivity index (χ4n) is 3.43. The van der Waals surface area contributed by atoms with Crippen LogP contribution in [0.4, 0.5) is 0 Å². The van der Waals surface area contributed by atoms with Crippen LogP contribution in [0.5, 0.6) is 0 Å². The lowest BCUT2D eigenvalue weighted by Crippen LogP contribution is -2.51. The Balaban J connectivity index is 2.94. The molecule has 0 N–H and O–H groups in total. The van der Waals surface area contributed by atoms with Crippen LogP contribution in [0.1, 0.15) is 0 Å². The third-order valence-electron chi connectivity index (χ3n) is 4.51. The number of methoxy groups -OCH3 is 4. The molecule has 0 spiro atoms. The summed E-state index contributed by atoms with van der Waals surface area (Å²) < 4.78 is 19.2. The molecule has 0 unspecified atom stereocenters. The van der Waals surface area contributed by atoms with E-state index in [9.17, 15) is 19.2 Å². The maximum Gasteiger partial charge on any atom is 0.354 e. The minimum absolute atomic E-state index is 0.148. The molecule has 0 amide bonds. The lowest BCUT2D eigenvalue weighted by atomic mass is 9.67. The molecule has 140 valence electrons. The van der Waals surface area contributed by atoms with E-state index in [2.05, 4.69) is 0 Å². The molecule has 0 aromatic rings. The van der Waals surface area contributed by atoms with Gasteiger partial charge in [0.2, 0.25) is 0 Å². The Hall–Kier alpha value is -3.10. The largest absolute Gasteiger partial charge is 0.468 e. The highest BCUT2D eigenvalue weighted by molar-refractivity contribution is 6.13. The van der Waals surface area contributed by atoms with E-state index in [0.717, 1.165) is 28.4 Å². The minimum atomic E-state index is -1.93. The van der Waals surface area contributed by atoms with Gasteiger partial charge in [0, 0.05) is 7.05 Å². The second kappa shape index (κ2) is 7.03. The maximum absolute atomic E-state index is 12.9. The van der Waals surface area contributed by atoms with E-state index in [-0.39, 0.29) is 16.8 Å². The van der Waals surface area contributed by atoms with E-state index in [1.165, 1.54) is 24.1 Å². The molecular formula is C17H19NO8. The predicted octanol–water partition coefficient (Wildman–Crippen LogP) is -0.271. The molecule has 2 rings (SSSR count). The minimum Gasteiger partial charge on any atom is -0.468 e. The van der Waals surface area contributed by atoms with Crippen LogP contribution in [0.3, 0.4) is 0 Å². The first kappa shape index (κ1) is 19.2. The zero-order valence-corrected chi connectivity index (χ0v) is 15.0. The Kier molecular flexibility index (Phi) is 5.20. The number of nitrogens with zero attached hydrogens (tertiary/aromatic N) is 1. The molecule has 1 heterocycles. The number of hydrogen-bond donors (Lipinski definition) is 0. The Morgan fingerprint density at radius 1 is 0.923 bits per heavy atom. The first-order valence-corrected chi connectivity index (χ1v) is 7.52. The molecule has 0 bridgehead atoms. The summed E-state index contributed by atoms with van der Waals surface area (Å²) in [6.07, 6.45) is 4.45. The van der Waals surface area contributed by atoms with Gasteiger partial charge in [-0.1, -0.05) is 18.2 Å². The van der Waals surface area contributed by atoms with Gasteiger partial charge in [0.1, 0.15) is 5.70 Å². The van der Waals surface area contributed by atoms with Gasteiger partial charge < -0.3 is 23.8 Å². The third-order valence-corrected chi connectivity index (χ3v) is 4.51. The van der Waals surface area contributed by atoms with Gasteiger partial charge in [-0.2, -0.15) is 0 Å². The first-order chi connectivity index (χ1) is 12.3. The smallest absolute Gasteiger partial charge is 0.354 e. The van der Waals surface area contributed by atoms with Crippen molar-refractivity contribution in [2.75, 3.05) is 35.5 Å². The van der Waals surface area contributed by atoms with Gasteiger partial charge in [-0.15, -0.1) is 0 Å². The molecule has 1 aliphatic heterocycles. The van der Waals surface area contributed by atoms with Crippen molar-refractivity contribution in [1.82, 2.24) is 4.90 Å². The van der Waals surface area contributed by atoms with E-state index >= 15 is 0 Å². The summed E-state index contributed by atoms with van der Waals surface area (Å²) in [4.78, 5) is 51.6. The number of ether oxygens (including phenoxy) is 4. The van der Waals surface area contributed by atoms with Crippen LogP contribution in [0.25, 0.3) is 0 Å². The lowest BCUT2D eigenvalue weighted by Gasteiger charge is -2.37.